The summed E-state index contributed by atoms with van der Waals surface area (Å²) in [4.78, 5) is 10.2. The lowest BCUT2D eigenvalue weighted by Gasteiger charge is -2.23. The van der Waals surface area contributed by atoms with Gasteiger partial charge in [-0.1, -0.05) is 6.07 Å². The van der Waals surface area contributed by atoms with Crippen molar-refractivity contribution in [1.29, 1.82) is 0 Å². The van der Waals surface area contributed by atoms with Crippen LogP contribution in [-0.2, 0) is 6.42 Å². The summed E-state index contributed by atoms with van der Waals surface area (Å²) >= 11 is 0. The maximum Gasteiger partial charge on any atom is 0.269 e. The molecule has 4 heteroatoms. The summed E-state index contributed by atoms with van der Waals surface area (Å²) in [6, 6.07) is 5.34. The van der Waals surface area contributed by atoms with Crippen LogP contribution in [0.5, 0.6) is 0 Å². The van der Waals surface area contributed by atoms with Gasteiger partial charge in [0.1, 0.15) is 0 Å². The monoisotopic (exact) mass is 192 g/mol. The van der Waals surface area contributed by atoms with Crippen molar-refractivity contribution in [2.45, 2.75) is 19.4 Å². The van der Waals surface area contributed by atoms with Gasteiger partial charge in [-0.05, 0) is 31.0 Å². The highest BCUT2D eigenvalue weighted by atomic mass is 16.6. The number of hydrogen-bond donors (Lipinski definition) is 1. The molecule has 0 unspecified atom stereocenters. The first kappa shape index (κ1) is 9.15. The molecule has 1 N–H and O–H groups in total. The molecule has 0 amide bonds. The Balaban J connectivity index is 2.45. The van der Waals surface area contributed by atoms with E-state index in [9.17, 15) is 10.1 Å². The van der Waals surface area contributed by atoms with E-state index in [1.165, 1.54) is 5.56 Å². The molecular formula is C10H12N2O2. The van der Waals surface area contributed by atoms with Gasteiger partial charge in [-0.25, -0.2) is 0 Å². The van der Waals surface area contributed by atoms with Crippen molar-refractivity contribution >= 4 is 5.69 Å². The lowest BCUT2D eigenvalue weighted by atomic mass is 9.95. The number of hydrogen-bond acceptors (Lipinski definition) is 3. The Labute approximate surface area is 82.1 Å². The number of benzene rings is 1. The van der Waals surface area contributed by atoms with Crippen LogP contribution in [-0.4, -0.2) is 11.5 Å². The van der Waals surface area contributed by atoms with E-state index in [2.05, 4.69) is 5.32 Å². The zero-order valence-corrected chi connectivity index (χ0v) is 7.99. The van der Waals surface area contributed by atoms with Gasteiger partial charge in [-0.15, -0.1) is 0 Å². The number of rotatable bonds is 1. The molecule has 0 saturated heterocycles. The molecule has 0 fully saturated rings. The normalized spacial score (nSPS) is 20.2. The minimum atomic E-state index is -0.346. The van der Waals surface area contributed by atoms with Crippen molar-refractivity contribution in [1.82, 2.24) is 5.32 Å². The first-order valence-electron chi connectivity index (χ1n) is 4.69. The summed E-state index contributed by atoms with van der Waals surface area (Å²) in [5.74, 6) is 0. The highest BCUT2D eigenvalue weighted by molar-refractivity contribution is 5.42. The van der Waals surface area contributed by atoms with Gasteiger partial charge in [0.2, 0.25) is 0 Å². The number of fused-ring (bicyclic) bond motifs is 1. The molecule has 2 rings (SSSR count). The van der Waals surface area contributed by atoms with E-state index < -0.39 is 0 Å². The first-order chi connectivity index (χ1) is 6.68. The van der Waals surface area contributed by atoms with Crippen LogP contribution in [0.25, 0.3) is 0 Å². The first-order valence-corrected chi connectivity index (χ1v) is 4.69. The zero-order chi connectivity index (χ0) is 10.1. The minimum Gasteiger partial charge on any atom is -0.310 e. The fourth-order valence-electron chi connectivity index (χ4n) is 1.86. The molecule has 4 nitrogen and oxygen atoms in total. The minimum absolute atomic E-state index is 0.180. The van der Waals surface area contributed by atoms with Gasteiger partial charge < -0.3 is 5.32 Å². The lowest BCUT2D eigenvalue weighted by molar-refractivity contribution is -0.385. The molecule has 0 radical (unpaired) electrons. The van der Waals surface area contributed by atoms with Crippen molar-refractivity contribution in [2.24, 2.45) is 0 Å². The highest BCUT2D eigenvalue weighted by Gasteiger charge is 2.18. The molecule has 0 aromatic heterocycles. The second-order valence-corrected chi connectivity index (χ2v) is 3.57. The van der Waals surface area contributed by atoms with Crippen LogP contribution in [0.2, 0.25) is 0 Å². The molecule has 0 saturated carbocycles. The van der Waals surface area contributed by atoms with E-state index in [-0.39, 0.29) is 16.7 Å². The number of nitrogens with one attached hydrogen (secondary N) is 1. The van der Waals surface area contributed by atoms with Crippen LogP contribution >= 0.6 is 0 Å². The van der Waals surface area contributed by atoms with Crippen LogP contribution in [0, 0.1) is 10.1 Å². The molecule has 0 aliphatic carbocycles. The summed E-state index contributed by atoms with van der Waals surface area (Å²) in [6.07, 6.45) is 0.956. The standard InChI is InChI=1S/C10H12N2O2/c1-7-10-6-9(12(13)14)3-2-8(10)4-5-11-7/h2-3,6-7,11H,4-5H2,1H3/t7-/m0/s1. The van der Waals surface area contributed by atoms with Crippen LogP contribution in [0.4, 0.5) is 5.69 Å². The Bertz CT molecular complexity index is 376. The maximum atomic E-state index is 10.6. The Kier molecular flexibility index (Phi) is 2.21. The van der Waals surface area contributed by atoms with Crippen LogP contribution in [0.1, 0.15) is 24.1 Å². The average molecular weight is 192 g/mol. The number of nitro benzene ring substituents is 1. The number of non-ortho nitro benzene ring substituents is 1. The third-order valence-electron chi connectivity index (χ3n) is 2.65. The third-order valence-corrected chi connectivity index (χ3v) is 2.65. The van der Waals surface area contributed by atoms with E-state index >= 15 is 0 Å². The van der Waals surface area contributed by atoms with Crippen LogP contribution in [0.15, 0.2) is 18.2 Å². The number of nitrogens with zero attached hydrogens (tertiary/aromatic N) is 1. The molecule has 1 heterocycles. The largest absolute Gasteiger partial charge is 0.310 e. The topological polar surface area (TPSA) is 55.2 Å². The van der Waals surface area contributed by atoms with Gasteiger partial charge in [0.05, 0.1) is 4.92 Å². The third kappa shape index (κ3) is 1.48. The summed E-state index contributed by atoms with van der Waals surface area (Å²) in [5.41, 5.74) is 2.46. The molecule has 1 atom stereocenters. The van der Waals surface area contributed by atoms with Crippen molar-refractivity contribution < 1.29 is 4.92 Å². The molecule has 0 spiro atoms. The van der Waals surface area contributed by atoms with E-state index in [0.29, 0.717) is 0 Å². The molecule has 1 aliphatic rings. The summed E-state index contributed by atoms with van der Waals surface area (Å²) in [5, 5.41) is 13.9. The average Bonchev–Trinajstić information content (AvgIpc) is 2.18. The molecule has 74 valence electrons. The van der Waals surface area contributed by atoms with Crippen LogP contribution in [0.3, 0.4) is 0 Å². The maximum absolute atomic E-state index is 10.6. The summed E-state index contributed by atoms with van der Waals surface area (Å²) in [6.45, 7) is 2.98. The Morgan fingerprint density at radius 3 is 3.07 bits per heavy atom. The van der Waals surface area contributed by atoms with Gasteiger partial charge >= 0.3 is 0 Å². The Hall–Kier alpha value is -1.42. The van der Waals surface area contributed by atoms with Gasteiger partial charge in [0.15, 0.2) is 0 Å². The second kappa shape index (κ2) is 3.38. The summed E-state index contributed by atoms with van der Waals surface area (Å²) < 4.78 is 0. The van der Waals surface area contributed by atoms with Crippen molar-refractivity contribution in [2.75, 3.05) is 6.54 Å². The smallest absolute Gasteiger partial charge is 0.269 e. The van der Waals surface area contributed by atoms with Crippen molar-refractivity contribution in [3.63, 3.8) is 0 Å². The van der Waals surface area contributed by atoms with E-state index in [1.54, 1.807) is 12.1 Å². The number of nitro groups is 1. The molecule has 1 aliphatic heterocycles. The molecule has 1 aromatic carbocycles. The van der Waals surface area contributed by atoms with Crippen molar-refractivity contribution in [3.8, 4) is 0 Å². The predicted octanol–water partition coefficient (Wildman–Crippen LogP) is 1.80. The SMILES string of the molecule is C[C@@H]1NCCc2ccc([N+](=O)[O-])cc21. The zero-order valence-electron chi connectivity index (χ0n) is 7.99. The lowest BCUT2D eigenvalue weighted by Crippen LogP contribution is -2.27. The van der Waals surface area contributed by atoms with E-state index in [0.717, 1.165) is 18.5 Å². The van der Waals surface area contributed by atoms with Crippen LogP contribution < -0.4 is 5.32 Å². The van der Waals surface area contributed by atoms with E-state index in [4.69, 9.17) is 0 Å². The van der Waals surface area contributed by atoms with Crippen molar-refractivity contribution in [3.05, 3.63) is 39.4 Å². The molecule has 14 heavy (non-hydrogen) atoms. The summed E-state index contributed by atoms with van der Waals surface area (Å²) in [7, 11) is 0. The second-order valence-electron chi connectivity index (χ2n) is 3.57. The molecule has 0 bridgehead atoms. The predicted molar refractivity (Wildman–Crippen MR) is 53.2 cm³/mol. The van der Waals surface area contributed by atoms with Gasteiger partial charge in [0, 0.05) is 18.2 Å². The Morgan fingerprint density at radius 2 is 2.36 bits per heavy atom. The quantitative estimate of drug-likeness (QED) is 0.545. The molecular weight excluding hydrogens is 180 g/mol. The Morgan fingerprint density at radius 1 is 1.57 bits per heavy atom. The molecule has 1 aromatic rings. The fraction of sp³-hybridized carbons (Fsp3) is 0.400. The highest BCUT2D eigenvalue weighted by Crippen LogP contribution is 2.26. The van der Waals surface area contributed by atoms with Gasteiger partial charge in [0.25, 0.3) is 5.69 Å². The van der Waals surface area contributed by atoms with Gasteiger partial charge in [-0.3, -0.25) is 10.1 Å². The fourth-order valence-corrected chi connectivity index (χ4v) is 1.86. The van der Waals surface area contributed by atoms with Gasteiger partial charge in [-0.2, -0.15) is 0 Å². The van der Waals surface area contributed by atoms with E-state index in [1.807, 2.05) is 13.0 Å².